The van der Waals surface area contributed by atoms with Crippen LogP contribution in [0.15, 0.2) is 94.6 Å². The molecule has 0 aliphatic carbocycles. The van der Waals surface area contributed by atoms with E-state index in [1.807, 2.05) is 60.7 Å². The summed E-state index contributed by atoms with van der Waals surface area (Å²) in [7, 11) is 0. The van der Waals surface area contributed by atoms with Gasteiger partial charge in [-0.2, -0.15) is 0 Å². The highest BCUT2D eigenvalue weighted by molar-refractivity contribution is 6.13. The van der Waals surface area contributed by atoms with E-state index in [0.29, 0.717) is 11.4 Å². The molecule has 2 aromatic rings. The van der Waals surface area contributed by atoms with Gasteiger partial charge in [-0.1, -0.05) is 66.7 Å². The fraction of sp³-hybridized carbons (Fsp3) is 0.0500. The second-order valence-corrected chi connectivity index (χ2v) is 5.39. The number of amidine groups is 2. The molecule has 1 atom stereocenters. The molecular weight excluding hydrogens is 310 g/mol. The Morgan fingerprint density at radius 1 is 1.00 bits per heavy atom. The summed E-state index contributed by atoms with van der Waals surface area (Å²) in [6.45, 7) is 0. The van der Waals surface area contributed by atoms with Crippen molar-refractivity contribution in [2.75, 3.05) is 0 Å². The zero-order valence-corrected chi connectivity index (χ0v) is 13.6. The quantitative estimate of drug-likeness (QED) is 0.582. The molecule has 0 saturated heterocycles. The van der Waals surface area contributed by atoms with Gasteiger partial charge in [0.05, 0.1) is 0 Å². The average molecular weight is 329 g/mol. The van der Waals surface area contributed by atoms with Gasteiger partial charge in [-0.15, -0.1) is 0 Å². The standard InChI is InChI=1S/C20H19N5/c21-13-7-12-17(14-22)20-24-18(15-8-3-1-4-9-15)23-19(25-20)16-10-5-2-6-11-16/h1-14,20,22H,21H2,(H,23,24,25)/b13-7+,17-12+,22-14?. The molecule has 5 heteroatoms. The van der Waals surface area contributed by atoms with Crippen LogP contribution in [-0.2, 0) is 0 Å². The minimum absolute atomic E-state index is 0.406. The van der Waals surface area contributed by atoms with E-state index in [1.54, 1.807) is 12.2 Å². The van der Waals surface area contributed by atoms with E-state index >= 15 is 0 Å². The van der Waals surface area contributed by atoms with Crippen LogP contribution in [0.5, 0.6) is 0 Å². The summed E-state index contributed by atoms with van der Waals surface area (Å²) >= 11 is 0. The third-order valence-corrected chi connectivity index (χ3v) is 3.70. The number of rotatable bonds is 5. The fourth-order valence-corrected chi connectivity index (χ4v) is 2.46. The summed E-state index contributed by atoms with van der Waals surface area (Å²) < 4.78 is 0. The second kappa shape index (κ2) is 7.88. The van der Waals surface area contributed by atoms with E-state index in [-0.39, 0.29) is 0 Å². The van der Waals surface area contributed by atoms with E-state index in [0.717, 1.165) is 17.0 Å². The molecular formula is C20H19N5. The monoisotopic (exact) mass is 329 g/mol. The molecule has 0 radical (unpaired) electrons. The highest BCUT2D eigenvalue weighted by Gasteiger charge is 2.21. The maximum absolute atomic E-state index is 7.70. The predicted octanol–water partition coefficient (Wildman–Crippen LogP) is 2.86. The van der Waals surface area contributed by atoms with Crippen LogP contribution in [0.25, 0.3) is 0 Å². The van der Waals surface area contributed by atoms with Gasteiger partial charge in [-0.3, -0.25) is 0 Å². The number of nitrogens with one attached hydrogen (secondary N) is 2. The third-order valence-electron chi connectivity index (χ3n) is 3.70. The van der Waals surface area contributed by atoms with Crippen molar-refractivity contribution in [3.8, 4) is 0 Å². The molecule has 0 amide bonds. The molecule has 25 heavy (non-hydrogen) atoms. The van der Waals surface area contributed by atoms with E-state index in [4.69, 9.17) is 11.1 Å². The number of benzene rings is 2. The molecule has 3 rings (SSSR count). The largest absolute Gasteiger partial charge is 0.405 e. The molecule has 0 aromatic heterocycles. The first-order valence-corrected chi connectivity index (χ1v) is 7.94. The lowest BCUT2D eigenvalue weighted by molar-refractivity contribution is 0.740. The summed E-state index contributed by atoms with van der Waals surface area (Å²) in [6.07, 6.45) is 5.76. The van der Waals surface area contributed by atoms with Gasteiger partial charge in [0.25, 0.3) is 0 Å². The Morgan fingerprint density at radius 2 is 1.64 bits per heavy atom. The van der Waals surface area contributed by atoms with Crippen LogP contribution in [0.1, 0.15) is 11.1 Å². The highest BCUT2D eigenvalue weighted by Crippen LogP contribution is 2.15. The molecule has 124 valence electrons. The summed E-state index contributed by atoms with van der Waals surface area (Å²) in [6, 6.07) is 19.7. The van der Waals surface area contributed by atoms with E-state index in [1.165, 1.54) is 12.4 Å². The first-order valence-electron chi connectivity index (χ1n) is 7.94. The summed E-state index contributed by atoms with van der Waals surface area (Å²) in [5.74, 6) is 1.36. The maximum atomic E-state index is 7.70. The normalized spacial score (nSPS) is 17.6. The summed E-state index contributed by atoms with van der Waals surface area (Å²) in [4.78, 5) is 9.36. The predicted molar refractivity (Wildman–Crippen MR) is 103 cm³/mol. The van der Waals surface area contributed by atoms with Crippen molar-refractivity contribution in [2.24, 2.45) is 15.7 Å². The molecule has 4 N–H and O–H groups in total. The Labute approximate surface area is 146 Å². The molecule has 0 spiro atoms. The number of nitrogens with two attached hydrogens (primary N) is 1. The van der Waals surface area contributed by atoms with Crippen molar-refractivity contribution in [2.45, 2.75) is 6.17 Å². The van der Waals surface area contributed by atoms with E-state index in [2.05, 4.69) is 15.3 Å². The topological polar surface area (TPSA) is 86.6 Å². The number of aliphatic imine (C=N–C) groups is 2. The lowest BCUT2D eigenvalue weighted by Crippen LogP contribution is -2.40. The molecule has 2 aromatic carbocycles. The second-order valence-electron chi connectivity index (χ2n) is 5.39. The lowest BCUT2D eigenvalue weighted by atomic mass is 10.1. The van der Waals surface area contributed by atoms with Crippen molar-refractivity contribution in [1.29, 1.82) is 5.41 Å². The highest BCUT2D eigenvalue weighted by atomic mass is 15.2. The van der Waals surface area contributed by atoms with Crippen molar-refractivity contribution in [3.05, 3.63) is 95.7 Å². The van der Waals surface area contributed by atoms with Gasteiger partial charge >= 0.3 is 0 Å². The number of allylic oxidation sites excluding steroid dienone is 2. The Kier molecular flexibility index (Phi) is 5.16. The van der Waals surface area contributed by atoms with Gasteiger partial charge in [0, 0.05) is 22.9 Å². The van der Waals surface area contributed by atoms with Crippen molar-refractivity contribution in [3.63, 3.8) is 0 Å². The minimum Gasteiger partial charge on any atom is -0.405 e. The van der Waals surface area contributed by atoms with Crippen LogP contribution in [0.2, 0.25) is 0 Å². The minimum atomic E-state index is -0.406. The van der Waals surface area contributed by atoms with Gasteiger partial charge in [-0.25, -0.2) is 9.98 Å². The lowest BCUT2D eigenvalue weighted by Gasteiger charge is -2.23. The first-order chi connectivity index (χ1) is 12.3. The number of nitrogens with zero attached hydrogens (tertiary/aromatic N) is 2. The zero-order valence-electron chi connectivity index (χ0n) is 13.6. The first kappa shape index (κ1) is 16.4. The summed E-state index contributed by atoms with van der Waals surface area (Å²) in [5.41, 5.74) is 8.01. The number of hydrogen-bond acceptors (Lipinski definition) is 5. The van der Waals surface area contributed by atoms with E-state index < -0.39 is 6.17 Å². The molecule has 1 aliphatic heterocycles. The fourth-order valence-electron chi connectivity index (χ4n) is 2.46. The average Bonchev–Trinajstić information content (AvgIpc) is 2.70. The van der Waals surface area contributed by atoms with Gasteiger partial charge in [-0.05, 0) is 12.3 Å². The van der Waals surface area contributed by atoms with Crippen LogP contribution in [-0.4, -0.2) is 24.1 Å². The Balaban J connectivity index is 2.05. The summed E-state index contributed by atoms with van der Waals surface area (Å²) in [5, 5.41) is 11.0. The SMILES string of the molecule is N=C/C(=C\C=C\N)C1N=C(c2ccccc2)N=C(c2ccccc2)N1. The van der Waals surface area contributed by atoms with Crippen molar-refractivity contribution in [1.82, 2.24) is 5.32 Å². The molecule has 0 fully saturated rings. The molecule has 1 heterocycles. The van der Waals surface area contributed by atoms with E-state index in [9.17, 15) is 0 Å². The third kappa shape index (κ3) is 3.90. The molecule has 0 saturated carbocycles. The van der Waals surface area contributed by atoms with Gasteiger partial charge in [0.15, 0.2) is 5.84 Å². The Morgan fingerprint density at radius 3 is 2.24 bits per heavy atom. The van der Waals surface area contributed by atoms with Crippen LogP contribution in [0, 0.1) is 5.41 Å². The van der Waals surface area contributed by atoms with Crippen LogP contribution < -0.4 is 11.1 Å². The molecule has 5 nitrogen and oxygen atoms in total. The molecule has 1 aliphatic rings. The maximum Gasteiger partial charge on any atom is 0.159 e. The Bertz CT molecular complexity index is 848. The number of hydrogen-bond donors (Lipinski definition) is 3. The van der Waals surface area contributed by atoms with Gasteiger partial charge in [0.2, 0.25) is 0 Å². The Hall–Kier alpha value is -3.47. The molecule has 0 bridgehead atoms. The smallest absolute Gasteiger partial charge is 0.159 e. The zero-order chi connectivity index (χ0) is 17.5. The van der Waals surface area contributed by atoms with Crippen LogP contribution in [0.4, 0.5) is 0 Å². The van der Waals surface area contributed by atoms with Crippen molar-refractivity contribution < 1.29 is 0 Å². The van der Waals surface area contributed by atoms with Gasteiger partial charge < -0.3 is 16.5 Å². The van der Waals surface area contributed by atoms with Crippen LogP contribution in [0.3, 0.4) is 0 Å². The van der Waals surface area contributed by atoms with Crippen LogP contribution >= 0.6 is 0 Å². The van der Waals surface area contributed by atoms with Crippen molar-refractivity contribution >= 4 is 17.9 Å². The van der Waals surface area contributed by atoms with Gasteiger partial charge in [0.1, 0.15) is 12.0 Å². The molecule has 1 unspecified atom stereocenters.